The number of hydrogen-bond acceptors (Lipinski definition) is 4. The van der Waals surface area contributed by atoms with Gasteiger partial charge in [0.1, 0.15) is 5.75 Å². The Kier molecular flexibility index (Phi) is 7.31. The minimum absolute atomic E-state index is 0.0379. The number of likely N-dealkylation sites (tertiary alicyclic amines) is 2. The summed E-state index contributed by atoms with van der Waals surface area (Å²) in [5.41, 5.74) is 1.45. The van der Waals surface area contributed by atoms with Crippen molar-refractivity contribution in [2.24, 2.45) is 23.7 Å². The van der Waals surface area contributed by atoms with Crippen molar-refractivity contribution in [3.63, 3.8) is 0 Å². The van der Waals surface area contributed by atoms with Gasteiger partial charge < -0.3 is 14.5 Å². The summed E-state index contributed by atoms with van der Waals surface area (Å²) >= 11 is 0. The van der Waals surface area contributed by atoms with Crippen molar-refractivity contribution in [2.45, 2.75) is 33.6 Å². The van der Waals surface area contributed by atoms with Gasteiger partial charge in [0.15, 0.2) is 0 Å². The van der Waals surface area contributed by atoms with Crippen LogP contribution in [0, 0.1) is 30.6 Å². The first-order valence-electron chi connectivity index (χ1n) is 12.1. The summed E-state index contributed by atoms with van der Waals surface area (Å²) < 4.78 is 6.14. The lowest BCUT2D eigenvalue weighted by Crippen LogP contribution is -2.43. The third-order valence-corrected chi connectivity index (χ3v) is 7.17. The molecule has 0 spiro atoms. The highest BCUT2D eigenvalue weighted by molar-refractivity contribution is 5.95. The lowest BCUT2D eigenvalue weighted by Gasteiger charge is -2.37. The molecule has 0 aliphatic carbocycles. The minimum atomic E-state index is 0.0379. The third-order valence-electron chi connectivity index (χ3n) is 7.17. The van der Waals surface area contributed by atoms with Crippen LogP contribution in [0.4, 0.5) is 0 Å². The molecule has 0 bridgehead atoms. The number of ether oxygens (including phenoxy) is 1. The predicted octanol–water partition coefficient (Wildman–Crippen LogP) is 4.05. The van der Waals surface area contributed by atoms with E-state index in [1.54, 1.807) is 6.20 Å². The van der Waals surface area contributed by atoms with Crippen molar-refractivity contribution in [1.29, 1.82) is 0 Å². The Hall–Kier alpha value is -2.89. The maximum atomic E-state index is 13.3. The van der Waals surface area contributed by atoms with E-state index in [0.717, 1.165) is 43.9 Å². The van der Waals surface area contributed by atoms with Gasteiger partial charge in [-0.3, -0.25) is 14.6 Å². The zero-order valence-corrected chi connectivity index (χ0v) is 19.9. The first-order chi connectivity index (χ1) is 15.9. The van der Waals surface area contributed by atoms with Gasteiger partial charge in [0.25, 0.3) is 5.91 Å². The molecule has 1 aromatic carbocycles. The molecule has 176 valence electrons. The van der Waals surface area contributed by atoms with Crippen LogP contribution in [0.15, 0.2) is 48.7 Å². The largest absolute Gasteiger partial charge is 0.493 e. The van der Waals surface area contributed by atoms with E-state index in [9.17, 15) is 9.59 Å². The molecule has 2 fully saturated rings. The minimum Gasteiger partial charge on any atom is -0.493 e. The lowest BCUT2D eigenvalue weighted by molar-refractivity contribution is -0.136. The smallest absolute Gasteiger partial charge is 0.255 e. The highest BCUT2D eigenvalue weighted by Crippen LogP contribution is 2.37. The maximum Gasteiger partial charge on any atom is 0.255 e. The summed E-state index contributed by atoms with van der Waals surface area (Å²) in [7, 11) is 0. The number of piperidine rings is 1. The van der Waals surface area contributed by atoms with Crippen LogP contribution >= 0.6 is 0 Å². The SMILES string of the molecule is Cc1ncccc1C(=O)N1C[C@@H](COc2ccccc2)[C@H](C2CCN(C(=O)C(C)C)CC2)C1. The molecular formula is C27H35N3O3. The molecule has 2 amide bonds. The zero-order chi connectivity index (χ0) is 23.4. The number of para-hydroxylation sites is 1. The van der Waals surface area contributed by atoms with Crippen molar-refractivity contribution in [3.05, 3.63) is 59.9 Å². The van der Waals surface area contributed by atoms with Crippen molar-refractivity contribution < 1.29 is 14.3 Å². The Bertz CT molecular complexity index is 954. The fourth-order valence-electron chi connectivity index (χ4n) is 5.29. The molecule has 2 aliphatic rings. The van der Waals surface area contributed by atoms with Gasteiger partial charge in [-0.25, -0.2) is 0 Å². The molecule has 2 atom stereocenters. The van der Waals surface area contributed by atoms with E-state index in [-0.39, 0.29) is 23.7 Å². The quantitative estimate of drug-likeness (QED) is 0.667. The van der Waals surface area contributed by atoms with Crippen molar-refractivity contribution in [1.82, 2.24) is 14.8 Å². The van der Waals surface area contributed by atoms with Crippen LogP contribution in [0.3, 0.4) is 0 Å². The summed E-state index contributed by atoms with van der Waals surface area (Å²) in [5, 5.41) is 0. The van der Waals surface area contributed by atoms with E-state index in [1.807, 2.05) is 73.0 Å². The number of carbonyl (C=O) groups excluding carboxylic acids is 2. The molecule has 0 N–H and O–H groups in total. The van der Waals surface area contributed by atoms with Crippen LogP contribution in [0.1, 0.15) is 42.7 Å². The molecular weight excluding hydrogens is 414 g/mol. The standard InChI is InChI=1S/C27H35N3O3/c1-19(2)26(31)29-14-11-21(12-15-29)25-17-30(27(32)24-10-7-13-28-20(24)3)16-22(25)18-33-23-8-5-4-6-9-23/h4-10,13,19,21-22,25H,11-12,14-18H2,1-3H3/t22-,25-/m0/s1. The van der Waals surface area contributed by atoms with Gasteiger partial charge in [-0.2, -0.15) is 0 Å². The second kappa shape index (κ2) is 10.4. The Morgan fingerprint density at radius 1 is 1.03 bits per heavy atom. The molecule has 2 saturated heterocycles. The Balaban J connectivity index is 1.46. The molecule has 0 saturated carbocycles. The summed E-state index contributed by atoms with van der Waals surface area (Å²) in [6, 6.07) is 13.6. The van der Waals surface area contributed by atoms with Crippen LogP contribution in [0.5, 0.6) is 5.75 Å². The number of amides is 2. The Morgan fingerprint density at radius 3 is 2.42 bits per heavy atom. The van der Waals surface area contributed by atoms with E-state index in [2.05, 4.69) is 4.98 Å². The van der Waals surface area contributed by atoms with Gasteiger partial charge in [0.05, 0.1) is 12.2 Å². The van der Waals surface area contributed by atoms with Gasteiger partial charge in [0.2, 0.25) is 5.91 Å². The summed E-state index contributed by atoms with van der Waals surface area (Å²) in [6.45, 7) is 9.45. The summed E-state index contributed by atoms with van der Waals surface area (Å²) in [6.07, 6.45) is 3.69. The second-order valence-corrected chi connectivity index (χ2v) is 9.71. The van der Waals surface area contributed by atoms with Crippen LogP contribution < -0.4 is 4.74 Å². The van der Waals surface area contributed by atoms with Crippen LogP contribution in [0.25, 0.3) is 0 Å². The van der Waals surface area contributed by atoms with Gasteiger partial charge in [-0.15, -0.1) is 0 Å². The highest BCUT2D eigenvalue weighted by atomic mass is 16.5. The number of carbonyl (C=O) groups is 2. The van der Waals surface area contributed by atoms with E-state index in [1.165, 1.54) is 0 Å². The first-order valence-corrected chi connectivity index (χ1v) is 12.1. The number of rotatable bonds is 6. The van der Waals surface area contributed by atoms with E-state index in [4.69, 9.17) is 4.74 Å². The molecule has 33 heavy (non-hydrogen) atoms. The van der Waals surface area contributed by atoms with Crippen molar-refractivity contribution in [3.8, 4) is 5.75 Å². The molecule has 3 heterocycles. The van der Waals surface area contributed by atoms with Crippen LogP contribution in [-0.4, -0.2) is 59.4 Å². The number of pyridine rings is 1. The average molecular weight is 450 g/mol. The fraction of sp³-hybridized carbons (Fsp3) is 0.519. The zero-order valence-electron chi connectivity index (χ0n) is 19.9. The highest BCUT2D eigenvalue weighted by Gasteiger charge is 2.41. The number of hydrogen-bond donors (Lipinski definition) is 0. The molecule has 1 aromatic heterocycles. The third kappa shape index (κ3) is 5.37. The topological polar surface area (TPSA) is 62.7 Å². The molecule has 0 radical (unpaired) electrons. The Labute approximate surface area is 196 Å². The molecule has 0 unspecified atom stereocenters. The van der Waals surface area contributed by atoms with Crippen molar-refractivity contribution in [2.75, 3.05) is 32.8 Å². The lowest BCUT2D eigenvalue weighted by atomic mass is 9.78. The number of aryl methyl sites for hydroxylation is 1. The summed E-state index contributed by atoms with van der Waals surface area (Å²) in [4.78, 5) is 34.0. The first kappa shape index (κ1) is 23.3. The van der Waals surface area contributed by atoms with E-state index in [0.29, 0.717) is 30.6 Å². The molecule has 2 aromatic rings. The molecule has 4 rings (SSSR count). The van der Waals surface area contributed by atoms with Gasteiger partial charge in [-0.1, -0.05) is 32.0 Å². The average Bonchev–Trinajstić information content (AvgIpc) is 3.27. The normalized spacial score (nSPS) is 21.5. The maximum absolute atomic E-state index is 13.3. The van der Waals surface area contributed by atoms with E-state index >= 15 is 0 Å². The summed E-state index contributed by atoms with van der Waals surface area (Å²) in [5.74, 6) is 2.32. The van der Waals surface area contributed by atoms with Crippen molar-refractivity contribution >= 4 is 11.8 Å². The van der Waals surface area contributed by atoms with E-state index < -0.39 is 0 Å². The number of benzene rings is 1. The number of aromatic nitrogens is 1. The Morgan fingerprint density at radius 2 is 1.76 bits per heavy atom. The van der Waals surface area contributed by atoms with Gasteiger partial charge in [-0.05, 0) is 55.9 Å². The molecule has 6 nitrogen and oxygen atoms in total. The van der Waals surface area contributed by atoms with Gasteiger partial charge in [0, 0.05) is 49.9 Å². The molecule has 6 heteroatoms. The fourth-order valence-corrected chi connectivity index (χ4v) is 5.29. The molecule has 2 aliphatic heterocycles. The van der Waals surface area contributed by atoms with Crippen LogP contribution in [0.2, 0.25) is 0 Å². The van der Waals surface area contributed by atoms with Crippen LogP contribution in [-0.2, 0) is 4.79 Å². The second-order valence-electron chi connectivity index (χ2n) is 9.71. The van der Waals surface area contributed by atoms with Gasteiger partial charge >= 0.3 is 0 Å². The number of nitrogens with zero attached hydrogens (tertiary/aromatic N) is 3. The monoisotopic (exact) mass is 449 g/mol. The predicted molar refractivity (Wildman–Crippen MR) is 128 cm³/mol.